The maximum absolute atomic E-state index is 13.1. The number of benzene rings is 3. The van der Waals surface area contributed by atoms with Crippen LogP contribution in [0.15, 0.2) is 76.8 Å². The van der Waals surface area contributed by atoms with Crippen LogP contribution in [-0.2, 0) is 9.59 Å². The number of carbonyl (C=O) groups excluding carboxylic acids is 2. The Balaban J connectivity index is 1.73. The summed E-state index contributed by atoms with van der Waals surface area (Å²) in [6, 6.07) is 19.2. The second-order valence-electron chi connectivity index (χ2n) is 6.87. The third kappa shape index (κ3) is 6.67. The molecule has 0 saturated heterocycles. The topological polar surface area (TPSA) is 100 Å². The fraction of sp³-hybridized carbons (Fsp3) is 0.0800. The van der Waals surface area contributed by atoms with E-state index in [9.17, 15) is 19.2 Å². The summed E-state index contributed by atoms with van der Waals surface area (Å²) in [6.07, 6.45) is 1.37. The Bertz CT molecular complexity index is 1260. The lowest BCUT2D eigenvalue weighted by Crippen LogP contribution is -2.20. The standard InChI is InChI=1S/C25H19BrFN3O4/c1-33-22-13-16(11-17(14-28)25(32)30-20-9-7-18(27)8-10-20)12-21(26)24(22)34-15-23(31)29-19-5-3-2-4-6-19/h2-13H,15H2,1H3,(H,29,31)(H,30,32)/b17-11+. The first-order chi connectivity index (χ1) is 16.4. The van der Waals surface area contributed by atoms with Crippen LogP contribution in [0.4, 0.5) is 15.8 Å². The average Bonchev–Trinajstić information content (AvgIpc) is 2.83. The lowest BCUT2D eigenvalue weighted by atomic mass is 10.1. The van der Waals surface area contributed by atoms with Crippen LogP contribution in [0.1, 0.15) is 5.56 Å². The molecule has 0 aliphatic heterocycles. The Kier molecular flexibility index (Phi) is 8.37. The second-order valence-corrected chi connectivity index (χ2v) is 7.72. The molecule has 0 heterocycles. The van der Waals surface area contributed by atoms with Gasteiger partial charge in [0.25, 0.3) is 11.8 Å². The third-order valence-corrected chi connectivity index (χ3v) is 5.02. The monoisotopic (exact) mass is 523 g/mol. The molecular formula is C25H19BrFN3O4. The highest BCUT2D eigenvalue weighted by Crippen LogP contribution is 2.37. The van der Waals surface area contributed by atoms with Gasteiger partial charge in [0.05, 0.1) is 11.6 Å². The molecule has 0 saturated carbocycles. The van der Waals surface area contributed by atoms with Crippen molar-refractivity contribution >= 4 is 45.2 Å². The summed E-state index contributed by atoms with van der Waals surface area (Å²) in [7, 11) is 1.43. The van der Waals surface area contributed by atoms with Gasteiger partial charge in [-0.05, 0) is 76.1 Å². The van der Waals surface area contributed by atoms with Crippen molar-refractivity contribution in [2.75, 3.05) is 24.4 Å². The van der Waals surface area contributed by atoms with Crippen LogP contribution in [0.5, 0.6) is 11.5 Å². The molecule has 3 rings (SSSR count). The Morgan fingerprint density at radius 2 is 1.74 bits per heavy atom. The van der Waals surface area contributed by atoms with Gasteiger partial charge >= 0.3 is 0 Å². The molecular weight excluding hydrogens is 505 g/mol. The minimum Gasteiger partial charge on any atom is -0.493 e. The zero-order valence-electron chi connectivity index (χ0n) is 18.0. The maximum Gasteiger partial charge on any atom is 0.266 e. The van der Waals surface area contributed by atoms with E-state index in [0.29, 0.717) is 27.2 Å². The number of ether oxygens (including phenoxy) is 2. The van der Waals surface area contributed by atoms with Crippen molar-refractivity contribution in [3.63, 3.8) is 0 Å². The molecule has 172 valence electrons. The number of anilines is 2. The van der Waals surface area contributed by atoms with E-state index in [4.69, 9.17) is 9.47 Å². The van der Waals surface area contributed by atoms with Crippen molar-refractivity contribution in [1.29, 1.82) is 5.26 Å². The minimum absolute atomic E-state index is 0.172. The van der Waals surface area contributed by atoms with Crippen molar-refractivity contribution in [3.05, 3.63) is 88.2 Å². The van der Waals surface area contributed by atoms with Crippen LogP contribution in [0.3, 0.4) is 0 Å². The predicted molar refractivity (Wildman–Crippen MR) is 130 cm³/mol. The van der Waals surface area contributed by atoms with Crippen LogP contribution in [0, 0.1) is 17.1 Å². The number of nitriles is 1. The van der Waals surface area contributed by atoms with E-state index >= 15 is 0 Å². The number of hydrogen-bond donors (Lipinski definition) is 2. The highest BCUT2D eigenvalue weighted by molar-refractivity contribution is 9.10. The highest BCUT2D eigenvalue weighted by atomic mass is 79.9. The number of methoxy groups -OCH3 is 1. The molecule has 0 atom stereocenters. The molecule has 0 spiro atoms. The Morgan fingerprint density at radius 3 is 2.38 bits per heavy atom. The molecule has 7 nitrogen and oxygen atoms in total. The van der Waals surface area contributed by atoms with E-state index in [-0.39, 0.29) is 23.8 Å². The smallest absolute Gasteiger partial charge is 0.266 e. The molecule has 2 amide bonds. The van der Waals surface area contributed by atoms with Crippen LogP contribution in [0.25, 0.3) is 6.08 Å². The van der Waals surface area contributed by atoms with Gasteiger partial charge in [-0.25, -0.2) is 4.39 Å². The normalized spacial score (nSPS) is 10.7. The first-order valence-corrected chi connectivity index (χ1v) is 10.7. The van der Waals surface area contributed by atoms with Gasteiger partial charge in [-0.3, -0.25) is 9.59 Å². The fourth-order valence-corrected chi connectivity index (χ4v) is 3.44. The summed E-state index contributed by atoms with van der Waals surface area (Å²) in [5, 5.41) is 14.7. The van der Waals surface area contributed by atoms with Gasteiger partial charge in [-0.15, -0.1) is 0 Å². The van der Waals surface area contributed by atoms with E-state index in [1.54, 1.807) is 36.4 Å². The quantitative estimate of drug-likeness (QED) is 0.313. The van der Waals surface area contributed by atoms with Gasteiger partial charge in [0.2, 0.25) is 0 Å². The summed E-state index contributed by atoms with van der Waals surface area (Å²) < 4.78 is 24.5. The van der Waals surface area contributed by atoms with Crippen molar-refractivity contribution in [3.8, 4) is 17.6 Å². The molecule has 0 unspecified atom stereocenters. The van der Waals surface area contributed by atoms with Crippen molar-refractivity contribution in [1.82, 2.24) is 0 Å². The van der Waals surface area contributed by atoms with Gasteiger partial charge < -0.3 is 20.1 Å². The molecule has 3 aromatic carbocycles. The summed E-state index contributed by atoms with van der Waals surface area (Å²) in [6.45, 7) is -0.261. The first kappa shape index (κ1) is 24.5. The van der Waals surface area contributed by atoms with Crippen molar-refractivity contribution < 1.29 is 23.5 Å². The van der Waals surface area contributed by atoms with Gasteiger partial charge in [0.1, 0.15) is 17.5 Å². The van der Waals surface area contributed by atoms with Crippen molar-refractivity contribution in [2.24, 2.45) is 0 Å². The second kappa shape index (κ2) is 11.6. The number of halogens is 2. The molecule has 0 bridgehead atoms. The molecule has 0 aromatic heterocycles. The molecule has 2 N–H and O–H groups in total. The number of carbonyl (C=O) groups is 2. The van der Waals surface area contributed by atoms with Gasteiger partial charge in [0.15, 0.2) is 18.1 Å². The number of nitrogens with one attached hydrogen (secondary N) is 2. The Morgan fingerprint density at radius 1 is 1.06 bits per heavy atom. The SMILES string of the molecule is COc1cc(/C=C(\C#N)C(=O)Nc2ccc(F)cc2)cc(Br)c1OCC(=O)Nc1ccccc1. The summed E-state index contributed by atoms with van der Waals surface area (Å²) >= 11 is 3.38. The van der Waals surface area contributed by atoms with E-state index < -0.39 is 11.7 Å². The van der Waals surface area contributed by atoms with E-state index in [2.05, 4.69) is 26.6 Å². The molecule has 9 heteroatoms. The Hall–Kier alpha value is -4.16. The van der Waals surface area contributed by atoms with Gasteiger partial charge in [-0.2, -0.15) is 5.26 Å². The number of hydrogen-bond acceptors (Lipinski definition) is 5. The molecule has 0 aliphatic rings. The minimum atomic E-state index is -0.651. The zero-order chi connectivity index (χ0) is 24.5. The third-order valence-electron chi connectivity index (χ3n) is 4.44. The van der Waals surface area contributed by atoms with Crippen LogP contribution < -0.4 is 20.1 Å². The number of rotatable bonds is 8. The van der Waals surface area contributed by atoms with E-state index in [0.717, 1.165) is 0 Å². The molecule has 34 heavy (non-hydrogen) atoms. The number of para-hydroxylation sites is 1. The first-order valence-electron chi connectivity index (χ1n) is 9.93. The van der Waals surface area contributed by atoms with Gasteiger partial charge in [0, 0.05) is 11.4 Å². The van der Waals surface area contributed by atoms with Crippen LogP contribution >= 0.6 is 15.9 Å². The molecule has 0 aliphatic carbocycles. The summed E-state index contributed by atoms with van der Waals surface area (Å²) in [5.41, 5.74) is 1.30. The average molecular weight is 524 g/mol. The fourth-order valence-electron chi connectivity index (χ4n) is 2.87. The largest absolute Gasteiger partial charge is 0.493 e. The van der Waals surface area contributed by atoms with Gasteiger partial charge in [-0.1, -0.05) is 18.2 Å². The zero-order valence-corrected chi connectivity index (χ0v) is 19.6. The lowest BCUT2D eigenvalue weighted by molar-refractivity contribution is -0.118. The maximum atomic E-state index is 13.1. The van der Waals surface area contributed by atoms with E-state index in [1.165, 1.54) is 37.5 Å². The van der Waals surface area contributed by atoms with Crippen molar-refractivity contribution in [2.45, 2.75) is 0 Å². The number of amides is 2. The van der Waals surface area contributed by atoms with E-state index in [1.807, 2.05) is 12.1 Å². The summed E-state index contributed by atoms with van der Waals surface area (Å²) in [5.74, 6) is -0.859. The number of nitrogens with zero attached hydrogens (tertiary/aromatic N) is 1. The van der Waals surface area contributed by atoms with Crippen LogP contribution in [0.2, 0.25) is 0 Å². The molecule has 3 aromatic rings. The van der Waals surface area contributed by atoms with Crippen LogP contribution in [-0.4, -0.2) is 25.5 Å². The predicted octanol–water partition coefficient (Wildman–Crippen LogP) is 5.16. The highest BCUT2D eigenvalue weighted by Gasteiger charge is 2.15. The lowest BCUT2D eigenvalue weighted by Gasteiger charge is -2.14. The summed E-state index contributed by atoms with van der Waals surface area (Å²) in [4.78, 5) is 24.6. The molecule has 0 fully saturated rings. The Labute approximate surface area is 203 Å². The molecule has 0 radical (unpaired) electrons.